The minimum atomic E-state index is -0.671. The van der Waals surface area contributed by atoms with E-state index in [4.69, 9.17) is 9.47 Å². The van der Waals surface area contributed by atoms with Crippen LogP contribution >= 0.6 is 0 Å². The van der Waals surface area contributed by atoms with Crippen LogP contribution in [0, 0.1) is 6.92 Å². The molecular weight excluding hydrogens is 428 g/mol. The monoisotopic (exact) mass is 460 g/mol. The maximum absolute atomic E-state index is 13.4. The number of methoxy groups -OCH3 is 1. The van der Waals surface area contributed by atoms with Crippen molar-refractivity contribution in [2.75, 3.05) is 20.3 Å². The average Bonchev–Trinajstić information content (AvgIpc) is 2.87. The van der Waals surface area contributed by atoms with E-state index in [9.17, 15) is 9.59 Å². The Bertz CT molecular complexity index is 1050. The number of carbonyl (C=O) groups excluding carboxylic acids is 2. The summed E-state index contributed by atoms with van der Waals surface area (Å²) in [4.78, 5) is 28.2. The molecule has 3 rings (SSSR count). The molecule has 6 nitrogen and oxygen atoms in total. The quantitative estimate of drug-likeness (QED) is 0.467. The van der Waals surface area contributed by atoms with Gasteiger partial charge in [0, 0.05) is 19.5 Å². The van der Waals surface area contributed by atoms with E-state index in [-0.39, 0.29) is 18.4 Å². The molecule has 1 N–H and O–H groups in total. The Morgan fingerprint density at radius 3 is 2.15 bits per heavy atom. The van der Waals surface area contributed by atoms with Crippen LogP contribution in [0.25, 0.3) is 0 Å². The number of hydrogen-bond acceptors (Lipinski definition) is 4. The van der Waals surface area contributed by atoms with Gasteiger partial charge in [-0.3, -0.25) is 9.59 Å². The molecule has 0 bridgehead atoms. The third kappa shape index (κ3) is 7.10. The molecule has 1 unspecified atom stereocenters. The second kappa shape index (κ2) is 12.4. The highest BCUT2D eigenvalue weighted by atomic mass is 16.5. The third-order valence-electron chi connectivity index (χ3n) is 5.52. The molecule has 0 aliphatic heterocycles. The Kier molecular flexibility index (Phi) is 9.09. The van der Waals surface area contributed by atoms with Gasteiger partial charge in [0.2, 0.25) is 5.91 Å². The van der Waals surface area contributed by atoms with Crippen molar-refractivity contribution < 1.29 is 19.1 Å². The standard InChI is InChI=1S/C28H32N2O4/c1-4-29-28(32)26(18-22-8-6-5-7-9-22)30(19-23-12-10-21(2)11-13-23)27(31)20-34-25-16-14-24(33-3)15-17-25/h5-17,26H,4,18-20H2,1-3H3,(H,29,32). The first kappa shape index (κ1) is 24.8. The van der Waals surface area contributed by atoms with Gasteiger partial charge in [-0.2, -0.15) is 0 Å². The number of hydrogen-bond donors (Lipinski definition) is 1. The molecule has 6 heteroatoms. The fourth-order valence-electron chi connectivity index (χ4n) is 3.64. The molecule has 0 aliphatic rings. The molecule has 0 saturated carbocycles. The van der Waals surface area contributed by atoms with Crippen LogP contribution in [0.4, 0.5) is 0 Å². The molecule has 3 aromatic carbocycles. The molecule has 1 atom stereocenters. The molecule has 0 saturated heterocycles. The van der Waals surface area contributed by atoms with Crippen LogP contribution in [0.2, 0.25) is 0 Å². The summed E-state index contributed by atoms with van der Waals surface area (Å²) in [5.74, 6) is 0.820. The van der Waals surface area contributed by atoms with E-state index in [0.717, 1.165) is 16.7 Å². The number of nitrogens with zero attached hydrogens (tertiary/aromatic N) is 1. The first-order valence-corrected chi connectivity index (χ1v) is 11.4. The zero-order valence-electron chi connectivity index (χ0n) is 20.0. The van der Waals surface area contributed by atoms with Gasteiger partial charge in [0.15, 0.2) is 6.61 Å². The fourth-order valence-corrected chi connectivity index (χ4v) is 3.64. The van der Waals surface area contributed by atoms with Crippen molar-refractivity contribution in [2.24, 2.45) is 0 Å². The largest absolute Gasteiger partial charge is 0.497 e. The highest BCUT2D eigenvalue weighted by molar-refractivity contribution is 5.88. The van der Waals surface area contributed by atoms with Crippen LogP contribution in [-0.2, 0) is 22.6 Å². The molecule has 3 aromatic rings. The summed E-state index contributed by atoms with van der Waals surface area (Å²) in [7, 11) is 1.59. The van der Waals surface area contributed by atoms with Crippen molar-refractivity contribution in [1.29, 1.82) is 0 Å². The van der Waals surface area contributed by atoms with Crippen LogP contribution in [-0.4, -0.2) is 43.0 Å². The maximum atomic E-state index is 13.4. The molecule has 0 spiro atoms. The van der Waals surface area contributed by atoms with Crippen molar-refractivity contribution in [3.63, 3.8) is 0 Å². The van der Waals surface area contributed by atoms with Gasteiger partial charge in [-0.1, -0.05) is 60.2 Å². The van der Waals surface area contributed by atoms with E-state index in [1.54, 1.807) is 36.3 Å². The zero-order valence-corrected chi connectivity index (χ0v) is 20.0. The topological polar surface area (TPSA) is 67.9 Å². The van der Waals surface area contributed by atoms with Crippen molar-refractivity contribution in [3.8, 4) is 11.5 Å². The Morgan fingerprint density at radius 2 is 1.53 bits per heavy atom. The van der Waals surface area contributed by atoms with Crippen LogP contribution in [0.15, 0.2) is 78.9 Å². The van der Waals surface area contributed by atoms with Gasteiger partial charge in [0.05, 0.1) is 7.11 Å². The van der Waals surface area contributed by atoms with Crippen molar-refractivity contribution >= 4 is 11.8 Å². The lowest BCUT2D eigenvalue weighted by Crippen LogP contribution is -2.51. The van der Waals surface area contributed by atoms with Gasteiger partial charge in [-0.25, -0.2) is 0 Å². The molecule has 178 valence electrons. The van der Waals surface area contributed by atoms with Gasteiger partial charge in [0.1, 0.15) is 17.5 Å². The summed E-state index contributed by atoms with van der Waals surface area (Å²) in [5.41, 5.74) is 3.07. The first-order valence-electron chi connectivity index (χ1n) is 11.4. The summed E-state index contributed by atoms with van der Waals surface area (Å²) >= 11 is 0. The van der Waals surface area contributed by atoms with Gasteiger partial charge >= 0.3 is 0 Å². The highest BCUT2D eigenvalue weighted by Gasteiger charge is 2.30. The smallest absolute Gasteiger partial charge is 0.261 e. The van der Waals surface area contributed by atoms with Crippen LogP contribution < -0.4 is 14.8 Å². The molecule has 0 fully saturated rings. The average molecular weight is 461 g/mol. The lowest BCUT2D eigenvalue weighted by Gasteiger charge is -2.31. The fraction of sp³-hybridized carbons (Fsp3) is 0.286. The number of aryl methyl sites for hydroxylation is 1. The number of nitrogens with one attached hydrogen (secondary N) is 1. The number of benzene rings is 3. The SMILES string of the molecule is CCNC(=O)C(Cc1ccccc1)N(Cc1ccc(C)cc1)C(=O)COc1ccc(OC)cc1. The Balaban J connectivity index is 1.85. The number of carbonyl (C=O) groups is 2. The van der Waals surface area contributed by atoms with Gasteiger partial charge in [-0.15, -0.1) is 0 Å². The lowest BCUT2D eigenvalue weighted by molar-refractivity contribution is -0.142. The second-order valence-corrected chi connectivity index (χ2v) is 8.07. The minimum absolute atomic E-state index is 0.178. The third-order valence-corrected chi connectivity index (χ3v) is 5.52. The molecule has 34 heavy (non-hydrogen) atoms. The van der Waals surface area contributed by atoms with E-state index >= 15 is 0 Å². The molecule has 0 aliphatic carbocycles. The molecule has 0 aromatic heterocycles. The van der Waals surface area contributed by atoms with Crippen LogP contribution in [0.5, 0.6) is 11.5 Å². The van der Waals surface area contributed by atoms with E-state index in [1.807, 2.05) is 68.4 Å². The molecular formula is C28H32N2O4. The maximum Gasteiger partial charge on any atom is 0.261 e. The summed E-state index contributed by atoms with van der Waals surface area (Å²) in [6.45, 7) is 4.50. The van der Waals surface area contributed by atoms with Crippen LogP contribution in [0.3, 0.4) is 0 Å². The number of ether oxygens (including phenoxy) is 2. The van der Waals surface area contributed by atoms with Gasteiger partial charge in [0.25, 0.3) is 5.91 Å². The number of amides is 2. The molecule has 2 amide bonds. The molecule has 0 heterocycles. The Hall–Kier alpha value is -3.80. The predicted molar refractivity (Wildman–Crippen MR) is 133 cm³/mol. The number of rotatable bonds is 11. The summed E-state index contributed by atoms with van der Waals surface area (Å²) in [5, 5.41) is 2.90. The summed E-state index contributed by atoms with van der Waals surface area (Å²) in [6, 6.07) is 24.1. The predicted octanol–water partition coefficient (Wildman–Crippen LogP) is 4.16. The highest BCUT2D eigenvalue weighted by Crippen LogP contribution is 2.19. The minimum Gasteiger partial charge on any atom is -0.497 e. The number of likely N-dealkylation sites (N-methyl/N-ethyl adjacent to an activating group) is 1. The van der Waals surface area contributed by atoms with Crippen molar-refractivity contribution in [3.05, 3.63) is 95.6 Å². The van der Waals surface area contributed by atoms with E-state index < -0.39 is 6.04 Å². The molecule has 0 radical (unpaired) electrons. The second-order valence-electron chi connectivity index (χ2n) is 8.07. The summed E-state index contributed by atoms with van der Waals surface area (Å²) < 4.78 is 10.9. The summed E-state index contributed by atoms with van der Waals surface area (Å²) in [6.07, 6.45) is 0.410. The van der Waals surface area contributed by atoms with E-state index in [2.05, 4.69) is 5.32 Å². The lowest BCUT2D eigenvalue weighted by atomic mass is 10.0. The first-order chi connectivity index (χ1) is 16.5. The van der Waals surface area contributed by atoms with E-state index in [0.29, 0.717) is 31.0 Å². The van der Waals surface area contributed by atoms with Crippen molar-refractivity contribution in [2.45, 2.75) is 32.9 Å². The van der Waals surface area contributed by atoms with Gasteiger partial charge < -0.3 is 19.7 Å². The Morgan fingerprint density at radius 1 is 0.882 bits per heavy atom. The Labute approximate surface area is 201 Å². The van der Waals surface area contributed by atoms with Crippen molar-refractivity contribution in [1.82, 2.24) is 10.2 Å². The van der Waals surface area contributed by atoms with Crippen LogP contribution in [0.1, 0.15) is 23.6 Å². The normalized spacial score (nSPS) is 11.4. The van der Waals surface area contributed by atoms with E-state index in [1.165, 1.54) is 0 Å². The van der Waals surface area contributed by atoms with Gasteiger partial charge in [-0.05, 0) is 49.2 Å². The zero-order chi connectivity index (χ0) is 24.3.